The molecule has 0 saturated carbocycles. The molecule has 4 nitrogen and oxygen atoms in total. The summed E-state index contributed by atoms with van der Waals surface area (Å²) in [5, 5.41) is 0. The maximum Gasteiger partial charge on any atom is 0.306 e. The van der Waals surface area contributed by atoms with Gasteiger partial charge in [-0.15, -0.1) is 0 Å². The molecule has 0 aliphatic heterocycles. The third-order valence-corrected chi connectivity index (χ3v) is 9.11. The van der Waals surface area contributed by atoms with Crippen LogP contribution in [0.5, 0.6) is 0 Å². The Morgan fingerprint density at radius 3 is 0.921 bits per heavy atom. The van der Waals surface area contributed by atoms with Crippen molar-refractivity contribution in [2.24, 2.45) is 0 Å². The van der Waals surface area contributed by atoms with Gasteiger partial charge in [-0.25, -0.2) is 0 Å². The van der Waals surface area contributed by atoms with Gasteiger partial charge in [-0.2, -0.15) is 0 Å². The quantitative estimate of drug-likeness (QED) is 0.0503. The highest BCUT2D eigenvalue weighted by molar-refractivity contribution is 8.76. The third kappa shape index (κ3) is 31.9. The van der Waals surface area contributed by atoms with Crippen LogP contribution in [0.2, 0.25) is 0 Å². The van der Waals surface area contributed by atoms with Gasteiger partial charge in [0.25, 0.3) is 0 Å². The Hall–Kier alpha value is -0.360. The number of esters is 2. The van der Waals surface area contributed by atoms with Gasteiger partial charge in [0.1, 0.15) is 0 Å². The lowest BCUT2D eigenvalue weighted by atomic mass is 10.1. The molecule has 0 atom stereocenters. The summed E-state index contributed by atoms with van der Waals surface area (Å²) in [5.41, 5.74) is 0. The molecular weight excluding hydrogens is 512 g/mol. The number of rotatable bonds is 29. The monoisotopic (exact) mass is 574 g/mol. The summed E-state index contributed by atoms with van der Waals surface area (Å²) >= 11 is 0. The Morgan fingerprint density at radius 2 is 0.658 bits per heavy atom. The average Bonchev–Trinajstić information content (AvgIpc) is 2.85. The molecule has 0 saturated heterocycles. The number of hydrogen-bond donors (Lipinski definition) is 0. The summed E-state index contributed by atoms with van der Waals surface area (Å²) in [5.74, 6) is 2.54. The molecule has 0 fully saturated rings. The van der Waals surface area contributed by atoms with Crippen molar-refractivity contribution < 1.29 is 19.1 Å². The molecule has 0 rings (SSSR count). The van der Waals surface area contributed by atoms with Crippen LogP contribution >= 0.6 is 21.6 Å². The maximum atomic E-state index is 11.5. The standard InChI is InChI=1S/C32H62O4S2/c1-29(2)35-31(33)25-21-17-13-9-5-7-11-15-19-23-27-37-38-28-24-20-16-12-8-6-10-14-18-22-26-32(34)36-30(3)4/h29-30H,5-28H2,1-4H3. The normalized spacial score (nSPS) is 11.4. The van der Waals surface area contributed by atoms with E-state index >= 15 is 0 Å². The molecule has 0 aliphatic rings. The van der Waals surface area contributed by atoms with Crippen LogP contribution in [0.4, 0.5) is 0 Å². The summed E-state index contributed by atoms with van der Waals surface area (Å²) < 4.78 is 10.3. The minimum Gasteiger partial charge on any atom is -0.463 e. The highest BCUT2D eigenvalue weighted by Gasteiger charge is 2.05. The first kappa shape index (κ1) is 37.6. The van der Waals surface area contributed by atoms with Crippen molar-refractivity contribution in [3.63, 3.8) is 0 Å². The molecule has 0 aromatic carbocycles. The SMILES string of the molecule is CC(C)OC(=O)CCCCCCCCCCCCSSCCCCCCCCCCCCC(=O)OC(C)C. The minimum absolute atomic E-state index is 0.0133. The number of ether oxygens (including phenoxy) is 2. The van der Waals surface area contributed by atoms with Crippen LogP contribution in [0.15, 0.2) is 0 Å². The summed E-state index contributed by atoms with van der Waals surface area (Å²) in [6, 6.07) is 0. The van der Waals surface area contributed by atoms with E-state index in [-0.39, 0.29) is 24.1 Å². The average molecular weight is 575 g/mol. The fraction of sp³-hybridized carbons (Fsp3) is 0.938. The van der Waals surface area contributed by atoms with Gasteiger partial charge >= 0.3 is 11.9 Å². The predicted octanol–water partition coefficient (Wildman–Crippen LogP) is 10.9. The zero-order chi connectivity index (χ0) is 28.1. The molecule has 0 spiro atoms. The summed E-state index contributed by atoms with van der Waals surface area (Å²) in [4.78, 5) is 23.0. The van der Waals surface area contributed by atoms with E-state index < -0.39 is 0 Å². The fourth-order valence-electron chi connectivity index (χ4n) is 4.45. The van der Waals surface area contributed by atoms with Crippen LogP contribution in [0.1, 0.15) is 169 Å². The lowest BCUT2D eigenvalue weighted by molar-refractivity contribution is -0.148. The fourth-order valence-corrected chi connectivity index (χ4v) is 6.74. The molecule has 0 N–H and O–H groups in total. The lowest BCUT2D eigenvalue weighted by Gasteiger charge is -2.07. The van der Waals surface area contributed by atoms with Gasteiger partial charge in [0.05, 0.1) is 12.2 Å². The van der Waals surface area contributed by atoms with Crippen molar-refractivity contribution >= 4 is 33.5 Å². The Kier molecular flexibility index (Phi) is 29.3. The zero-order valence-electron chi connectivity index (χ0n) is 25.6. The Balaban J connectivity index is 3.12. The van der Waals surface area contributed by atoms with Crippen LogP contribution < -0.4 is 0 Å². The highest BCUT2D eigenvalue weighted by atomic mass is 33.1. The predicted molar refractivity (Wildman–Crippen MR) is 169 cm³/mol. The topological polar surface area (TPSA) is 52.6 Å². The smallest absolute Gasteiger partial charge is 0.306 e. The van der Waals surface area contributed by atoms with Crippen LogP contribution in [-0.4, -0.2) is 35.7 Å². The Bertz CT molecular complexity index is 480. The Labute approximate surface area is 244 Å². The first-order valence-electron chi connectivity index (χ1n) is 16.0. The molecule has 0 aliphatic carbocycles. The number of hydrogen-bond acceptors (Lipinski definition) is 6. The second-order valence-corrected chi connectivity index (χ2v) is 14.0. The van der Waals surface area contributed by atoms with Gasteiger partial charge in [-0.3, -0.25) is 9.59 Å². The summed E-state index contributed by atoms with van der Waals surface area (Å²) in [6.07, 6.45) is 27.1. The van der Waals surface area contributed by atoms with E-state index in [1.807, 2.05) is 27.7 Å². The van der Waals surface area contributed by atoms with Gasteiger partial charge in [-0.05, 0) is 53.4 Å². The van der Waals surface area contributed by atoms with Crippen LogP contribution in [0.25, 0.3) is 0 Å². The van der Waals surface area contributed by atoms with Gasteiger partial charge in [0.2, 0.25) is 0 Å². The van der Waals surface area contributed by atoms with E-state index in [1.54, 1.807) is 0 Å². The molecule has 38 heavy (non-hydrogen) atoms. The van der Waals surface area contributed by atoms with E-state index in [0.29, 0.717) is 12.8 Å². The number of unbranched alkanes of at least 4 members (excludes halogenated alkanes) is 18. The second kappa shape index (κ2) is 29.6. The molecular formula is C32H62O4S2. The highest BCUT2D eigenvalue weighted by Crippen LogP contribution is 2.25. The molecule has 0 unspecified atom stereocenters. The lowest BCUT2D eigenvalue weighted by Crippen LogP contribution is -2.10. The number of carbonyl (C=O) groups excluding carboxylic acids is 2. The van der Waals surface area contributed by atoms with Gasteiger partial charge in [-0.1, -0.05) is 124 Å². The third-order valence-electron chi connectivity index (χ3n) is 6.53. The molecule has 0 amide bonds. The van der Waals surface area contributed by atoms with Crippen LogP contribution in [0.3, 0.4) is 0 Å². The summed E-state index contributed by atoms with van der Waals surface area (Å²) in [6.45, 7) is 7.63. The molecule has 0 bridgehead atoms. The number of carbonyl (C=O) groups is 2. The summed E-state index contributed by atoms with van der Waals surface area (Å²) in [7, 11) is 4.16. The molecule has 0 heterocycles. The second-order valence-electron chi connectivity index (χ2n) is 11.3. The van der Waals surface area contributed by atoms with E-state index in [9.17, 15) is 9.59 Å². The molecule has 0 aromatic rings. The molecule has 0 aromatic heterocycles. The maximum absolute atomic E-state index is 11.5. The van der Waals surface area contributed by atoms with E-state index in [2.05, 4.69) is 21.6 Å². The minimum atomic E-state index is -0.0402. The van der Waals surface area contributed by atoms with Crippen molar-refractivity contribution in [1.82, 2.24) is 0 Å². The van der Waals surface area contributed by atoms with Crippen molar-refractivity contribution in [2.75, 3.05) is 11.5 Å². The molecule has 0 radical (unpaired) electrons. The van der Waals surface area contributed by atoms with Crippen molar-refractivity contribution in [1.29, 1.82) is 0 Å². The van der Waals surface area contributed by atoms with Gasteiger partial charge in [0, 0.05) is 24.3 Å². The zero-order valence-corrected chi connectivity index (χ0v) is 27.2. The van der Waals surface area contributed by atoms with Crippen molar-refractivity contribution in [3.8, 4) is 0 Å². The largest absolute Gasteiger partial charge is 0.463 e. The Morgan fingerprint density at radius 1 is 0.421 bits per heavy atom. The first-order valence-corrected chi connectivity index (χ1v) is 18.5. The molecule has 226 valence electrons. The van der Waals surface area contributed by atoms with E-state index in [1.165, 1.54) is 114 Å². The molecule has 6 heteroatoms. The van der Waals surface area contributed by atoms with E-state index in [0.717, 1.165) is 25.7 Å². The van der Waals surface area contributed by atoms with Crippen LogP contribution in [0, 0.1) is 0 Å². The van der Waals surface area contributed by atoms with Crippen molar-refractivity contribution in [2.45, 2.75) is 181 Å². The first-order chi connectivity index (χ1) is 18.4. The van der Waals surface area contributed by atoms with Crippen molar-refractivity contribution in [3.05, 3.63) is 0 Å². The van der Waals surface area contributed by atoms with Gasteiger partial charge < -0.3 is 9.47 Å². The van der Waals surface area contributed by atoms with Crippen LogP contribution in [-0.2, 0) is 19.1 Å². The van der Waals surface area contributed by atoms with Gasteiger partial charge in [0.15, 0.2) is 0 Å². The van der Waals surface area contributed by atoms with E-state index in [4.69, 9.17) is 9.47 Å².